The van der Waals surface area contributed by atoms with Crippen LogP contribution < -0.4 is 0 Å². The molecule has 0 aliphatic carbocycles. The molecule has 0 atom stereocenters. The lowest BCUT2D eigenvalue weighted by Crippen LogP contribution is -2.39. The zero-order chi connectivity index (χ0) is 25.6. The first-order valence-corrected chi connectivity index (χ1v) is 12.3. The van der Waals surface area contributed by atoms with Gasteiger partial charge in [-0.25, -0.2) is 9.78 Å². The maximum Gasteiger partial charge on any atom is 0.410 e. The van der Waals surface area contributed by atoms with E-state index in [9.17, 15) is 14.4 Å². The summed E-state index contributed by atoms with van der Waals surface area (Å²) in [5.41, 5.74) is 4.38. The molecule has 0 saturated heterocycles. The normalized spacial score (nSPS) is 15.9. The highest BCUT2D eigenvalue weighted by atomic mass is 16.6. The number of hydrogen-bond donors (Lipinski definition) is 0. The standard InChI is InChI=1S/C28H30N4O4/c1-5-31-23-16-19(18-12-14-30(15-13-18)27(35)36-28(2,3)4)10-11-22(23)29-24(31)17-32-25(33)20-8-6-7-9-21(20)26(32)34/h6-12,16H,5,13-15,17H2,1-4H3. The van der Waals surface area contributed by atoms with Crippen molar-refractivity contribution in [2.24, 2.45) is 0 Å². The van der Waals surface area contributed by atoms with Crippen LogP contribution in [0.2, 0.25) is 0 Å². The van der Waals surface area contributed by atoms with Crippen molar-refractivity contribution >= 4 is 34.5 Å². The Hall–Kier alpha value is -3.94. The van der Waals surface area contributed by atoms with Gasteiger partial charge in [-0.2, -0.15) is 0 Å². The van der Waals surface area contributed by atoms with E-state index in [1.165, 1.54) is 10.5 Å². The average molecular weight is 487 g/mol. The zero-order valence-corrected chi connectivity index (χ0v) is 21.1. The van der Waals surface area contributed by atoms with Crippen LogP contribution >= 0.6 is 0 Å². The molecule has 2 aromatic carbocycles. The van der Waals surface area contributed by atoms with Crippen LogP contribution in [0.5, 0.6) is 0 Å². The molecule has 8 heteroatoms. The van der Waals surface area contributed by atoms with Gasteiger partial charge in [-0.15, -0.1) is 0 Å². The van der Waals surface area contributed by atoms with Gasteiger partial charge in [0.2, 0.25) is 0 Å². The van der Waals surface area contributed by atoms with Crippen LogP contribution in [0.4, 0.5) is 4.79 Å². The van der Waals surface area contributed by atoms with Crippen LogP contribution in [0.3, 0.4) is 0 Å². The predicted octanol–water partition coefficient (Wildman–Crippen LogP) is 4.88. The number of carbonyl (C=O) groups is 3. The number of amides is 3. The molecule has 3 heterocycles. The van der Waals surface area contributed by atoms with Gasteiger partial charge < -0.3 is 14.2 Å². The number of hydrogen-bond acceptors (Lipinski definition) is 5. The molecule has 36 heavy (non-hydrogen) atoms. The van der Waals surface area contributed by atoms with Gasteiger partial charge in [-0.1, -0.05) is 24.3 Å². The van der Waals surface area contributed by atoms with Crippen molar-refractivity contribution < 1.29 is 19.1 Å². The van der Waals surface area contributed by atoms with Crippen molar-refractivity contribution in [1.82, 2.24) is 19.4 Å². The average Bonchev–Trinajstić information content (AvgIpc) is 3.32. The number of carbonyl (C=O) groups excluding carboxylic acids is 3. The molecule has 1 aromatic heterocycles. The Morgan fingerprint density at radius 1 is 1.06 bits per heavy atom. The minimum Gasteiger partial charge on any atom is -0.444 e. The van der Waals surface area contributed by atoms with Crippen molar-refractivity contribution in [3.63, 3.8) is 0 Å². The maximum atomic E-state index is 12.9. The van der Waals surface area contributed by atoms with E-state index in [1.54, 1.807) is 29.2 Å². The van der Waals surface area contributed by atoms with Crippen LogP contribution in [0.25, 0.3) is 16.6 Å². The fourth-order valence-corrected chi connectivity index (χ4v) is 4.79. The maximum absolute atomic E-state index is 12.9. The minimum atomic E-state index is -0.518. The molecule has 5 rings (SSSR count). The molecule has 186 valence electrons. The second kappa shape index (κ2) is 8.93. The summed E-state index contributed by atoms with van der Waals surface area (Å²) in [6.45, 7) is 9.50. The summed E-state index contributed by atoms with van der Waals surface area (Å²) in [7, 11) is 0. The lowest BCUT2D eigenvalue weighted by molar-refractivity contribution is 0.0270. The SMILES string of the molecule is CCn1c(CN2C(=O)c3ccccc3C2=O)nc2ccc(C3=CCN(C(=O)OC(C)(C)C)CC3)cc21. The van der Waals surface area contributed by atoms with Gasteiger partial charge in [0.1, 0.15) is 11.4 Å². The lowest BCUT2D eigenvalue weighted by atomic mass is 9.99. The van der Waals surface area contributed by atoms with E-state index in [-0.39, 0.29) is 24.5 Å². The highest BCUT2D eigenvalue weighted by molar-refractivity contribution is 6.21. The number of nitrogens with zero attached hydrogens (tertiary/aromatic N) is 4. The Morgan fingerprint density at radius 3 is 2.33 bits per heavy atom. The molecular formula is C28H30N4O4. The van der Waals surface area contributed by atoms with Crippen molar-refractivity contribution in [3.8, 4) is 0 Å². The molecule has 0 radical (unpaired) electrons. The molecule has 0 fully saturated rings. The summed E-state index contributed by atoms with van der Waals surface area (Å²) in [4.78, 5) is 45.9. The number of rotatable bonds is 4. The van der Waals surface area contributed by atoms with Gasteiger partial charge in [-0.3, -0.25) is 14.5 Å². The molecule has 2 aliphatic heterocycles. The lowest BCUT2D eigenvalue weighted by Gasteiger charge is -2.29. The molecule has 0 N–H and O–H groups in total. The van der Waals surface area contributed by atoms with Crippen LogP contribution in [0.15, 0.2) is 48.5 Å². The first-order chi connectivity index (χ1) is 17.2. The molecule has 0 saturated carbocycles. The van der Waals surface area contributed by atoms with Gasteiger partial charge in [0.25, 0.3) is 11.8 Å². The van der Waals surface area contributed by atoms with E-state index in [1.807, 2.05) is 39.8 Å². The van der Waals surface area contributed by atoms with Crippen molar-refractivity contribution in [2.75, 3.05) is 13.1 Å². The molecule has 0 spiro atoms. The quantitative estimate of drug-likeness (QED) is 0.491. The second-order valence-corrected chi connectivity index (χ2v) is 10.1. The van der Waals surface area contributed by atoms with E-state index in [4.69, 9.17) is 9.72 Å². The number of ether oxygens (including phenoxy) is 1. The Balaban J connectivity index is 1.38. The highest BCUT2D eigenvalue weighted by Crippen LogP contribution is 2.29. The van der Waals surface area contributed by atoms with E-state index < -0.39 is 5.60 Å². The van der Waals surface area contributed by atoms with Crippen LogP contribution in [0, 0.1) is 0 Å². The van der Waals surface area contributed by atoms with Crippen molar-refractivity contribution in [2.45, 2.75) is 52.8 Å². The topological polar surface area (TPSA) is 84.7 Å². The number of aryl methyl sites for hydroxylation is 1. The van der Waals surface area contributed by atoms with Gasteiger partial charge in [0.15, 0.2) is 0 Å². The fourth-order valence-electron chi connectivity index (χ4n) is 4.79. The second-order valence-electron chi connectivity index (χ2n) is 10.1. The summed E-state index contributed by atoms with van der Waals surface area (Å²) < 4.78 is 7.55. The third-order valence-electron chi connectivity index (χ3n) is 6.55. The predicted molar refractivity (Wildman–Crippen MR) is 136 cm³/mol. The largest absolute Gasteiger partial charge is 0.444 e. The van der Waals surface area contributed by atoms with E-state index in [2.05, 4.69) is 16.7 Å². The van der Waals surface area contributed by atoms with Crippen LogP contribution in [0.1, 0.15) is 66.2 Å². The monoisotopic (exact) mass is 486 g/mol. The van der Waals surface area contributed by atoms with E-state index >= 15 is 0 Å². The zero-order valence-electron chi connectivity index (χ0n) is 21.1. The Morgan fingerprint density at radius 2 is 1.75 bits per heavy atom. The Bertz CT molecular complexity index is 1380. The smallest absolute Gasteiger partial charge is 0.410 e. The number of aromatic nitrogens is 2. The van der Waals surface area contributed by atoms with Crippen molar-refractivity contribution in [1.29, 1.82) is 0 Å². The summed E-state index contributed by atoms with van der Waals surface area (Å²) in [6.07, 6.45) is 2.50. The Kier molecular flexibility index (Phi) is 5.90. The van der Waals surface area contributed by atoms with Gasteiger partial charge >= 0.3 is 6.09 Å². The molecule has 0 bridgehead atoms. The van der Waals surface area contributed by atoms with Crippen LogP contribution in [-0.4, -0.2) is 55.9 Å². The third kappa shape index (κ3) is 4.27. The van der Waals surface area contributed by atoms with Gasteiger partial charge in [0, 0.05) is 19.6 Å². The summed E-state index contributed by atoms with van der Waals surface area (Å²) >= 11 is 0. The highest BCUT2D eigenvalue weighted by Gasteiger charge is 2.36. The number of imidazole rings is 1. The number of benzene rings is 2. The molecule has 8 nitrogen and oxygen atoms in total. The fraction of sp³-hybridized carbons (Fsp3) is 0.357. The third-order valence-corrected chi connectivity index (χ3v) is 6.55. The minimum absolute atomic E-state index is 0.123. The number of fused-ring (bicyclic) bond motifs is 2. The molecule has 3 amide bonds. The van der Waals surface area contributed by atoms with E-state index in [0.717, 1.165) is 23.0 Å². The van der Waals surface area contributed by atoms with Gasteiger partial charge in [-0.05, 0) is 69.5 Å². The number of imide groups is 1. The molecule has 0 unspecified atom stereocenters. The van der Waals surface area contributed by atoms with E-state index in [0.29, 0.717) is 36.6 Å². The molecule has 3 aromatic rings. The molecule has 2 aliphatic rings. The van der Waals surface area contributed by atoms with Gasteiger partial charge in [0.05, 0.1) is 28.7 Å². The Labute approximate surface area is 210 Å². The van der Waals surface area contributed by atoms with Crippen LogP contribution in [-0.2, 0) is 17.8 Å². The molecular weight excluding hydrogens is 456 g/mol. The summed E-state index contributed by atoms with van der Waals surface area (Å²) in [5.74, 6) is 0.105. The van der Waals surface area contributed by atoms with Crippen molar-refractivity contribution in [3.05, 3.63) is 71.1 Å². The summed E-state index contributed by atoms with van der Waals surface area (Å²) in [5, 5.41) is 0. The first kappa shape index (κ1) is 23.8. The summed E-state index contributed by atoms with van der Waals surface area (Å²) in [6, 6.07) is 13.0. The first-order valence-electron chi connectivity index (χ1n) is 12.3.